The molecule has 9 heteroatoms. The van der Waals surface area contributed by atoms with E-state index in [-0.39, 0.29) is 29.4 Å². The van der Waals surface area contributed by atoms with Crippen molar-refractivity contribution < 1.29 is 21.9 Å². The van der Waals surface area contributed by atoms with Crippen molar-refractivity contribution in [2.24, 2.45) is 0 Å². The maximum absolute atomic E-state index is 12.2. The van der Waals surface area contributed by atoms with Gasteiger partial charge in [0.05, 0.1) is 23.0 Å². The van der Waals surface area contributed by atoms with Crippen molar-refractivity contribution >= 4 is 31.2 Å². The standard InChI is InChI=1S/C10H15NO5S3/c1-10(3-5-18(13,14)7-10)11-19(15,16)9-2-4-17-8(9)6-12/h2,4,11-12H,3,5-7H2,1H3. The zero-order valence-corrected chi connectivity index (χ0v) is 12.7. The molecule has 108 valence electrons. The molecule has 6 nitrogen and oxygen atoms in total. The van der Waals surface area contributed by atoms with E-state index in [0.717, 1.165) is 11.3 Å². The topological polar surface area (TPSA) is 101 Å². The molecule has 0 spiro atoms. The number of sulfone groups is 1. The fourth-order valence-corrected chi connectivity index (χ4v) is 7.07. The molecule has 1 aliphatic rings. The highest BCUT2D eigenvalue weighted by Crippen LogP contribution is 2.28. The molecule has 1 fully saturated rings. The fourth-order valence-electron chi connectivity index (χ4n) is 2.15. The van der Waals surface area contributed by atoms with Crippen molar-refractivity contribution in [1.29, 1.82) is 0 Å². The van der Waals surface area contributed by atoms with Crippen molar-refractivity contribution in [3.63, 3.8) is 0 Å². The number of aliphatic hydroxyl groups is 1. The third-order valence-corrected chi connectivity index (χ3v) is 7.68. The average molecular weight is 325 g/mol. The van der Waals surface area contributed by atoms with Gasteiger partial charge in [-0.05, 0) is 24.8 Å². The van der Waals surface area contributed by atoms with Gasteiger partial charge in [-0.15, -0.1) is 11.3 Å². The molecule has 1 saturated heterocycles. The van der Waals surface area contributed by atoms with Crippen molar-refractivity contribution in [3.8, 4) is 0 Å². The molecule has 1 unspecified atom stereocenters. The smallest absolute Gasteiger partial charge is 0.242 e. The van der Waals surface area contributed by atoms with Crippen LogP contribution in [0.25, 0.3) is 0 Å². The molecule has 19 heavy (non-hydrogen) atoms. The first-order valence-electron chi connectivity index (χ1n) is 5.59. The van der Waals surface area contributed by atoms with Gasteiger partial charge in [-0.3, -0.25) is 0 Å². The number of nitrogens with one attached hydrogen (secondary N) is 1. The van der Waals surface area contributed by atoms with Crippen LogP contribution in [0.1, 0.15) is 18.2 Å². The lowest BCUT2D eigenvalue weighted by Crippen LogP contribution is -2.46. The number of thiophene rings is 1. The van der Waals surface area contributed by atoms with Gasteiger partial charge in [-0.1, -0.05) is 0 Å². The van der Waals surface area contributed by atoms with Gasteiger partial charge in [0.2, 0.25) is 10.0 Å². The van der Waals surface area contributed by atoms with Crippen LogP contribution in [-0.2, 0) is 26.5 Å². The first-order chi connectivity index (χ1) is 8.68. The van der Waals surface area contributed by atoms with Crippen LogP contribution < -0.4 is 4.72 Å². The first-order valence-corrected chi connectivity index (χ1v) is 9.78. The van der Waals surface area contributed by atoms with Crippen LogP contribution in [0, 0.1) is 0 Å². The van der Waals surface area contributed by atoms with Crippen molar-refractivity contribution in [1.82, 2.24) is 4.72 Å². The monoisotopic (exact) mass is 325 g/mol. The maximum atomic E-state index is 12.2. The van der Waals surface area contributed by atoms with Gasteiger partial charge in [-0.2, -0.15) is 0 Å². The van der Waals surface area contributed by atoms with Gasteiger partial charge in [0.25, 0.3) is 0 Å². The second-order valence-electron chi connectivity index (χ2n) is 4.87. The molecule has 1 aliphatic heterocycles. The molecule has 0 amide bonds. The first kappa shape index (κ1) is 14.9. The molecular weight excluding hydrogens is 310 g/mol. The molecular formula is C10H15NO5S3. The van der Waals surface area contributed by atoms with E-state index in [1.807, 2.05) is 0 Å². The number of rotatable bonds is 4. The lowest BCUT2D eigenvalue weighted by atomic mass is 10.0. The highest BCUT2D eigenvalue weighted by atomic mass is 32.2. The fraction of sp³-hybridized carbons (Fsp3) is 0.600. The Hall–Kier alpha value is -0.480. The Bertz CT molecular complexity index is 676. The van der Waals surface area contributed by atoms with E-state index in [4.69, 9.17) is 5.11 Å². The summed E-state index contributed by atoms with van der Waals surface area (Å²) >= 11 is 1.15. The van der Waals surface area contributed by atoms with Gasteiger partial charge >= 0.3 is 0 Å². The average Bonchev–Trinajstić information content (AvgIpc) is 2.82. The zero-order chi connectivity index (χ0) is 14.3. The van der Waals surface area contributed by atoms with Crippen LogP contribution in [0.3, 0.4) is 0 Å². The van der Waals surface area contributed by atoms with Gasteiger partial charge < -0.3 is 5.11 Å². The summed E-state index contributed by atoms with van der Waals surface area (Å²) in [4.78, 5) is 0.363. The number of aliphatic hydroxyl groups excluding tert-OH is 1. The summed E-state index contributed by atoms with van der Waals surface area (Å²) in [5, 5.41) is 10.7. The van der Waals surface area contributed by atoms with Crippen LogP contribution in [0.2, 0.25) is 0 Å². The van der Waals surface area contributed by atoms with Gasteiger partial charge in [0, 0.05) is 10.4 Å². The van der Waals surface area contributed by atoms with Gasteiger partial charge in [-0.25, -0.2) is 21.6 Å². The molecule has 2 rings (SSSR count). The van der Waals surface area contributed by atoms with Crippen molar-refractivity contribution in [2.75, 3.05) is 11.5 Å². The highest BCUT2D eigenvalue weighted by Gasteiger charge is 2.41. The van der Waals surface area contributed by atoms with Crippen molar-refractivity contribution in [2.45, 2.75) is 30.4 Å². The van der Waals surface area contributed by atoms with Gasteiger partial charge in [0.15, 0.2) is 9.84 Å². The van der Waals surface area contributed by atoms with Crippen molar-refractivity contribution in [3.05, 3.63) is 16.3 Å². The molecule has 0 saturated carbocycles. The molecule has 1 atom stereocenters. The Morgan fingerprint density at radius 3 is 2.74 bits per heavy atom. The highest BCUT2D eigenvalue weighted by molar-refractivity contribution is 7.92. The molecule has 2 N–H and O–H groups in total. The summed E-state index contributed by atoms with van der Waals surface area (Å²) in [7, 11) is -7.00. The molecule has 1 aromatic heterocycles. The Morgan fingerprint density at radius 2 is 2.21 bits per heavy atom. The maximum Gasteiger partial charge on any atom is 0.242 e. The van der Waals surface area contributed by atoms with Crippen LogP contribution in [0.15, 0.2) is 16.3 Å². The van der Waals surface area contributed by atoms with Crippen LogP contribution in [0.4, 0.5) is 0 Å². The summed E-state index contributed by atoms with van der Waals surface area (Å²) in [6, 6.07) is 1.41. The molecule has 0 aliphatic carbocycles. The minimum absolute atomic E-state index is 0.0114. The Labute approximate surface area is 116 Å². The predicted molar refractivity (Wildman–Crippen MR) is 72.2 cm³/mol. The Kier molecular flexibility index (Phi) is 3.78. The van der Waals surface area contributed by atoms with E-state index >= 15 is 0 Å². The summed E-state index contributed by atoms with van der Waals surface area (Å²) in [5.41, 5.74) is -0.980. The lowest BCUT2D eigenvalue weighted by molar-refractivity contribution is 0.282. The van der Waals surface area contributed by atoms with E-state index < -0.39 is 25.4 Å². The third-order valence-electron chi connectivity index (χ3n) is 3.02. The Balaban J connectivity index is 2.28. The number of sulfonamides is 1. The minimum Gasteiger partial charge on any atom is -0.391 e. The van der Waals surface area contributed by atoms with E-state index in [9.17, 15) is 16.8 Å². The molecule has 0 bridgehead atoms. The molecule has 2 heterocycles. The van der Waals surface area contributed by atoms with E-state index in [1.165, 1.54) is 6.07 Å². The van der Waals surface area contributed by atoms with Crippen LogP contribution >= 0.6 is 11.3 Å². The minimum atomic E-state index is -3.82. The largest absolute Gasteiger partial charge is 0.391 e. The summed E-state index contributed by atoms with van der Waals surface area (Å²) < 4.78 is 49.9. The molecule has 0 radical (unpaired) electrons. The quantitative estimate of drug-likeness (QED) is 0.817. The predicted octanol–water partition coefficient (Wildman–Crippen LogP) is 0.0959. The van der Waals surface area contributed by atoms with E-state index in [2.05, 4.69) is 4.72 Å². The zero-order valence-electron chi connectivity index (χ0n) is 10.3. The normalized spacial score (nSPS) is 26.6. The Morgan fingerprint density at radius 1 is 1.53 bits per heavy atom. The summed E-state index contributed by atoms with van der Waals surface area (Å²) in [6.07, 6.45) is 0.257. The van der Waals surface area contributed by atoms with Gasteiger partial charge in [0.1, 0.15) is 0 Å². The number of hydrogen-bond acceptors (Lipinski definition) is 6. The van der Waals surface area contributed by atoms with E-state index in [0.29, 0.717) is 4.88 Å². The summed E-state index contributed by atoms with van der Waals surface area (Å²) in [5.74, 6) is -0.208. The van der Waals surface area contributed by atoms with E-state index in [1.54, 1.807) is 12.3 Å². The molecule has 1 aromatic rings. The second-order valence-corrected chi connectivity index (χ2v) is 9.71. The van der Waals surface area contributed by atoms with Crippen LogP contribution in [-0.4, -0.2) is 39.0 Å². The third kappa shape index (κ3) is 3.16. The number of hydrogen-bond donors (Lipinski definition) is 2. The second kappa shape index (κ2) is 4.81. The SMILES string of the molecule is CC1(NS(=O)(=O)c2ccsc2CO)CCS(=O)(=O)C1. The summed E-state index contributed by atoms with van der Waals surface area (Å²) in [6.45, 7) is 1.23. The lowest BCUT2D eigenvalue weighted by Gasteiger charge is -2.23. The van der Waals surface area contributed by atoms with Crippen LogP contribution in [0.5, 0.6) is 0 Å². The molecule has 0 aromatic carbocycles.